The zero-order valence-electron chi connectivity index (χ0n) is 26.6. The molecule has 0 spiro atoms. The number of halogens is 6. The number of carbonyl (C=O) groups excluding carboxylic acids is 3. The molecule has 0 aliphatic heterocycles. The van der Waals surface area contributed by atoms with E-state index in [-0.39, 0.29) is 30.5 Å². The number of nitrogens with zero attached hydrogens (tertiary/aromatic N) is 1. The van der Waals surface area contributed by atoms with Crippen LogP contribution in [0, 0.1) is 11.3 Å². The Balaban J connectivity index is 2.00. The first-order valence-electron chi connectivity index (χ1n) is 13.9. The van der Waals surface area contributed by atoms with Gasteiger partial charge in [0.1, 0.15) is 28.3 Å². The lowest BCUT2D eigenvalue weighted by Crippen LogP contribution is -2.37. The summed E-state index contributed by atoms with van der Waals surface area (Å²) in [6, 6.07) is 6.61. The molecule has 0 atom stereocenters. The van der Waals surface area contributed by atoms with Crippen LogP contribution in [-0.4, -0.2) is 35.2 Å². The number of hydrogen-bond donors (Lipinski definition) is 1. The van der Waals surface area contributed by atoms with Gasteiger partial charge < -0.3 is 29.0 Å². The van der Waals surface area contributed by atoms with Gasteiger partial charge in [-0.15, -0.1) is 0 Å². The van der Waals surface area contributed by atoms with Crippen LogP contribution in [0.4, 0.5) is 40.7 Å². The van der Waals surface area contributed by atoms with Gasteiger partial charge >= 0.3 is 30.8 Å². The van der Waals surface area contributed by atoms with Crippen molar-refractivity contribution in [1.82, 2.24) is 5.32 Å². The van der Waals surface area contributed by atoms with Gasteiger partial charge in [-0.2, -0.15) is 31.6 Å². The van der Waals surface area contributed by atoms with Crippen LogP contribution in [0.1, 0.15) is 83.6 Å². The predicted octanol–water partition coefficient (Wildman–Crippen LogP) is 8.69. The third kappa shape index (κ3) is 12.9. The van der Waals surface area contributed by atoms with Crippen molar-refractivity contribution in [2.75, 3.05) is 0 Å². The maximum atomic E-state index is 13.5. The fourth-order valence-electron chi connectivity index (χ4n) is 3.77. The monoisotopic (exact) mass is 676 g/mol. The Bertz CT molecular complexity index is 1510. The zero-order chi connectivity index (χ0) is 36.0. The van der Waals surface area contributed by atoms with Gasteiger partial charge in [0.2, 0.25) is 0 Å². The molecule has 0 heterocycles. The summed E-state index contributed by atoms with van der Waals surface area (Å²) >= 11 is 0. The molecule has 0 saturated carbocycles. The van der Waals surface area contributed by atoms with E-state index in [0.717, 1.165) is 24.3 Å². The molecule has 0 fully saturated rings. The number of nitrogens with one attached hydrogen (secondary N) is 1. The first-order chi connectivity index (χ1) is 21.3. The first-order valence-corrected chi connectivity index (χ1v) is 13.9. The molecule has 16 heteroatoms. The number of ether oxygens (including phenoxy) is 5. The average molecular weight is 677 g/mol. The van der Waals surface area contributed by atoms with Crippen molar-refractivity contribution < 1.29 is 64.4 Å². The van der Waals surface area contributed by atoms with Crippen LogP contribution in [0.15, 0.2) is 36.4 Å². The van der Waals surface area contributed by atoms with E-state index in [0.29, 0.717) is 12.1 Å². The normalized spacial score (nSPS) is 12.4. The molecule has 0 unspecified atom stereocenters. The average Bonchev–Trinajstić information content (AvgIpc) is 2.88. The Hall–Kier alpha value is -4.68. The molecule has 0 aliphatic carbocycles. The first kappa shape index (κ1) is 38.5. The number of hydrogen-bond acceptors (Lipinski definition) is 9. The summed E-state index contributed by atoms with van der Waals surface area (Å²) < 4.78 is 105. The van der Waals surface area contributed by atoms with Crippen LogP contribution < -0.4 is 14.8 Å². The molecule has 2 aromatic rings. The summed E-state index contributed by atoms with van der Waals surface area (Å²) in [5.74, 6) is -1.73. The summed E-state index contributed by atoms with van der Waals surface area (Å²) in [5.41, 5.74) is -6.09. The third-order valence-corrected chi connectivity index (χ3v) is 6.04. The van der Waals surface area contributed by atoms with Gasteiger partial charge in [0.15, 0.2) is 0 Å². The standard InChI is InChI=1S/C31H34F6N2O8/c1-27(2,3)46-25(41)43-23-15-19(9-11-21(23)31(35,36)37)17-39-24(40)45-28(4,5)12-13-29(6,7)47-26(42)44-22-14-18(16-38)8-10-20(22)30(32,33)34/h8-11,14-15H,12-13,17H2,1-7H3,(H,39,40). The number of amides is 1. The highest BCUT2D eigenvalue weighted by atomic mass is 19.4. The van der Waals surface area contributed by atoms with Crippen LogP contribution in [0.2, 0.25) is 0 Å². The van der Waals surface area contributed by atoms with Gasteiger partial charge in [-0.3, -0.25) is 0 Å². The highest BCUT2D eigenvalue weighted by Crippen LogP contribution is 2.38. The summed E-state index contributed by atoms with van der Waals surface area (Å²) in [6.45, 7) is 10.1. The molecule has 2 rings (SSSR count). The van der Waals surface area contributed by atoms with Crippen molar-refractivity contribution in [2.45, 2.75) is 97.0 Å². The number of carbonyl (C=O) groups is 3. The molecule has 258 valence electrons. The fourth-order valence-corrected chi connectivity index (χ4v) is 3.77. The van der Waals surface area contributed by atoms with E-state index in [4.69, 9.17) is 28.9 Å². The van der Waals surface area contributed by atoms with Crippen LogP contribution >= 0.6 is 0 Å². The number of alkyl halides is 6. The smallest absolute Gasteiger partial charge is 0.444 e. The van der Waals surface area contributed by atoms with E-state index >= 15 is 0 Å². The van der Waals surface area contributed by atoms with E-state index in [2.05, 4.69) is 5.32 Å². The van der Waals surface area contributed by atoms with Gasteiger partial charge in [0.25, 0.3) is 0 Å². The molecule has 0 bridgehead atoms. The van der Waals surface area contributed by atoms with Crippen molar-refractivity contribution in [2.24, 2.45) is 0 Å². The van der Waals surface area contributed by atoms with Gasteiger partial charge in [0, 0.05) is 6.54 Å². The molecule has 0 saturated heterocycles. The van der Waals surface area contributed by atoms with Crippen LogP contribution in [-0.2, 0) is 33.1 Å². The number of benzene rings is 2. The quantitative estimate of drug-likeness (QED) is 0.120. The highest BCUT2D eigenvalue weighted by Gasteiger charge is 2.37. The maximum Gasteiger partial charge on any atom is 0.514 e. The van der Waals surface area contributed by atoms with E-state index in [1.165, 1.54) is 48.5 Å². The number of nitriles is 1. The fraction of sp³-hybridized carbons (Fsp3) is 0.484. The van der Waals surface area contributed by atoms with Crippen molar-refractivity contribution in [3.63, 3.8) is 0 Å². The molecule has 10 nitrogen and oxygen atoms in total. The molecular formula is C31H34F6N2O8. The van der Waals surface area contributed by atoms with E-state index in [1.807, 2.05) is 0 Å². The Morgan fingerprint density at radius 3 is 1.66 bits per heavy atom. The highest BCUT2D eigenvalue weighted by molar-refractivity contribution is 5.68. The molecule has 0 aromatic heterocycles. The molecule has 1 amide bonds. The maximum absolute atomic E-state index is 13.5. The molecule has 47 heavy (non-hydrogen) atoms. The summed E-state index contributed by atoms with van der Waals surface area (Å²) in [5, 5.41) is 11.4. The van der Waals surface area contributed by atoms with Crippen molar-refractivity contribution in [3.8, 4) is 17.6 Å². The van der Waals surface area contributed by atoms with Gasteiger partial charge in [-0.25, -0.2) is 14.4 Å². The molecule has 0 radical (unpaired) electrons. The van der Waals surface area contributed by atoms with E-state index in [1.54, 1.807) is 6.07 Å². The van der Waals surface area contributed by atoms with Gasteiger partial charge in [-0.05, 0) is 97.2 Å². The predicted molar refractivity (Wildman–Crippen MR) is 152 cm³/mol. The number of rotatable bonds is 9. The summed E-state index contributed by atoms with van der Waals surface area (Å²) in [7, 11) is 0. The Labute approximate surface area is 266 Å². The van der Waals surface area contributed by atoms with Gasteiger partial charge in [-0.1, -0.05) is 6.07 Å². The molecule has 0 aliphatic rings. The van der Waals surface area contributed by atoms with Crippen LogP contribution in [0.3, 0.4) is 0 Å². The lowest BCUT2D eigenvalue weighted by molar-refractivity contribution is -0.139. The largest absolute Gasteiger partial charge is 0.514 e. The lowest BCUT2D eigenvalue weighted by Gasteiger charge is -2.30. The Morgan fingerprint density at radius 2 is 1.17 bits per heavy atom. The third-order valence-electron chi connectivity index (χ3n) is 6.04. The zero-order valence-corrected chi connectivity index (χ0v) is 26.6. The molecular weight excluding hydrogens is 642 g/mol. The summed E-state index contributed by atoms with van der Waals surface area (Å²) in [6.07, 6.45) is -13.4. The van der Waals surface area contributed by atoms with Crippen molar-refractivity contribution in [1.29, 1.82) is 5.26 Å². The van der Waals surface area contributed by atoms with E-state index in [9.17, 15) is 40.7 Å². The second-order valence-corrected chi connectivity index (χ2v) is 12.4. The molecule has 1 N–H and O–H groups in total. The van der Waals surface area contributed by atoms with E-state index < -0.39 is 70.2 Å². The second kappa shape index (κ2) is 14.4. The summed E-state index contributed by atoms with van der Waals surface area (Å²) in [4.78, 5) is 36.9. The minimum absolute atomic E-state index is 0.0387. The van der Waals surface area contributed by atoms with Crippen molar-refractivity contribution in [3.05, 3.63) is 58.7 Å². The number of alkyl carbamates (subject to hydrolysis) is 1. The molecule has 2 aromatic carbocycles. The minimum Gasteiger partial charge on any atom is -0.444 e. The topological polar surface area (TPSA) is 133 Å². The minimum atomic E-state index is -4.87. The second-order valence-electron chi connectivity index (χ2n) is 12.4. The lowest BCUT2D eigenvalue weighted by atomic mass is 9.94. The van der Waals surface area contributed by atoms with Crippen molar-refractivity contribution >= 4 is 18.4 Å². The Morgan fingerprint density at radius 1 is 0.702 bits per heavy atom. The SMILES string of the molecule is CC(C)(C)OC(=O)Oc1cc(CNC(=O)OC(C)(C)CCC(C)(C)OC(=O)Oc2cc(C#N)ccc2C(F)(F)F)ccc1C(F)(F)F. The van der Waals surface area contributed by atoms with Crippen LogP contribution in [0.25, 0.3) is 0 Å². The van der Waals surface area contributed by atoms with Gasteiger partial charge in [0.05, 0.1) is 22.8 Å². The Kier molecular flexibility index (Phi) is 11.8. The van der Waals surface area contributed by atoms with Crippen LogP contribution in [0.5, 0.6) is 11.5 Å².